The first-order chi connectivity index (χ1) is 8.69. The molecule has 1 aromatic carbocycles. The number of aryl methyl sites for hydroxylation is 1. The van der Waals surface area contributed by atoms with Crippen molar-refractivity contribution in [2.24, 2.45) is 10.9 Å². The summed E-state index contributed by atoms with van der Waals surface area (Å²) in [5.74, 6) is 0.717. The van der Waals surface area contributed by atoms with E-state index in [9.17, 15) is 0 Å². The van der Waals surface area contributed by atoms with Crippen LogP contribution in [0.1, 0.15) is 16.3 Å². The van der Waals surface area contributed by atoms with Crippen LogP contribution < -0.4 is 10.5 Å². The number of hydrogen-bond donors (Lipinski definition) is 2. The number of aromatic nitrogens is 1. The highest BCUT2D eigenvalue weighted by Gasteiger charge is 2.03. The molecule has 2 aromatic rings. The van der Waals surface area contributed by atoms with E-state index in [0.717, 1.165) is 10.7 Å². The fraction of sp³-hybridized carbons (Fsp3) is 0.167. The number of hydrogen-bond acceptors (Lipinski definition) is 5. The van der Waals surface area contributed by atoms with Gasteiger partial charge in [-0.05, 0) is 19.1 Å². The Bertz CT molecular complexity index is 566. The molecule has 0 aliphatic rings. The molecular formula is C12H13N3O2S. The fourth-order valence-electron chi connectivity index (χ4n) is 1.43. The smallest absolute Gasteiger partial charge is 0.170 e. The maximum atomic E-state index is 8.60. The molecule has 0 aliphatic carbocycles. The highest BCUT2D eigenvalue weighted by molar-refractivity contribution is 7.09. The van der Waals surface area contributed by atoms with Gasteiger partial charge in [0.2, 0.25) is 0 Å². The lowest BCUT2D eigenvalue weighted by Crippen LogP contribution is -2.12. The van der Waals surface area contributed by atoms with Gasteiger partial charge in [-0.2, -0.15) is 0 Å². The molecule has 0 aliphatic heterocycles. The van der Waals surface area contributed by atoms with E-state index < -0.39 is 0 Å². The zero-order valence-electron chi connectivity index (χ0n) is 9.83. The summed E-state index contributed by atoms with van der Waals surface area (Å²) in [6.45, 7) is 2.36. The van der Waals surface area contributed by atoms with Crippen molar-refractivity contribution in [3.63, 3.8) is 0 Å². The van der Waals surface area contributed by atoms with Crippen molar-refractivity contribution in [2.75, 3.05) is 0 Å². The third kappa shape index (κ3) is 2.98. The van der Waals surface area contributed by atoms with E-state index in [0.29, 0.717) is 17.9 Å². The highest BCUT2D eigenvalue weighted by Crippen LogP contribution is 2.16. The Hall–Kier alpha value is -2.08. The SMILES string of the molecule is Cc1nc(COc2cccc(C(N)=NO)c2)cs1. The maximum Gasteiger partial charge on any atom is 0.170 e. The molecule has 3 N–H and O–H groups in total. The van der Waals surface area contributed by atoms with Crippen LogP contribution in [-0.2, 0) is 6.61 Å². The normalized spacial score (nSPS) is 11.5. The topological polar surface area (TPSA) is 80.7 Å². The summed E-state index contributed by atoms with van der Waals surface area (Å²) < 4.78 is 5.59. The van der Waals surface area contributed by atoms with Crippen molar-refractivity contribution in [3.8, 4) is 5.75 Å². The van der Waals surface area contributed by atoms with Crippen LogP contribution in [0, 0.1) is 6.92 Å². The maximum absolute atomic E-state index is 8.60. The Morgan fingerprint density at radius 2 is 2.39 bits per heavy atom. The van der Waals surface area contributed by atoms with E-state index in [1.807, 2.05) is 18.4 Å². The molecule has 0 saturated carbocycles. The second-order valence-electron chi connectivity index (χ2n) is 3.66. The van der Waals surface area contributed by atoms with E-state index in [1.165, 1.54) is 0 Å². The molecule has 0 spiro atoms. The van der Waals surface area contributed by atoms with Crippen LogP contribution >= 0.6 is 11.3 Å². The van der Waals surface area contributed by atoms with Gasteiger partial charge in [-0.15, -0.1) is 11.3 Å². The quantitative estimate of drug-likeness (QED) is 0.383. The molecule has 0 saturated heterocycles. The summed E-state index contributed by atoms with van der Waals surface area (Å²) in [5.41, 5.74) is 7.02. The summed E-state index contributed by atoms with van der Waals surface area (Å²) >= 11 is 1.59. The molecule has 6 heteroatoms. The van der Waals surface area contributed by atoms with Crippen molar-refractivity contribution in [3.05, 3.63) is 45.9 Å². The highest BCUT2D eigenvalue weighted by atomic mass is 32.1. The summed E-state index contributed by atoms with van der Waals surface area (Å²) in [6.07, 6.45) is 0. The van der Waals surface area contributed by atoms with Gasteiger partial charge >= 0.3 is 0 Å². The van der Waals surface area contributed by atoms with Crippen molar-refractivity contribution in [1.29, 1.82) is 0 Å². The Morgan fingerprint density at radius 3 is 3.06 bits per heavy atom. The third-order valence-corrected chi connectivity index (χ3v) is 3.11. The van der Waals surface area contributed by atoms with Gasteiger partial charge in [0.1, 0.15) is 12.4 Å². The third-order valence-electron chi connectivity index (χ3n) is 2.29. The summed E-state index contributed by atoms with van der Waals surface area (Å²) in [6, 6.07) is 7.06. The molecule has 5 nitrogen and oxygen atoms in total. The number of ether oxygens (including phenoxy) is 1. The van der Waals surface area contributed by atoms with Gasteiger partial charge in [-0.25, -0.2) is 4.98 Å². The molecule has 2 rings (SSSR count). The average molecular weight is 263 g/mol. The minimum absolute atomic E-state index is 0.0601. The average Bonchev–Trinajstić information content (AvgIpc) is 2.81. The molecule has 0 atom stereocenters. The molecule has 0 fully saturated rings. The summed E-state index contributed by atoms with van der Waals surface area (Å²) in [5, 5.41) is 14.5. The van der Waals surface area contributed by atoms with E-state index in [-0.39, 0.29) is 5.84 Å². The largest absolute Gasteiger partial charge is 0.487 e. The van der Waals surface area contributed by atoms with Crippen LogP contribution in [0.2, 0.25) is 0 Å². The lowest BCUT2D eigenvalue weighted by atomic mass is 10.2. The minimum Gasteiger partial charge on any atom is -0.487 e. The van der Waals surface area contributed by atoms with Crippen molar-refractivity contribution in [1.82, 2.24) is 4.98 Å². The monoisotopic (exact) mass is 263 g/mol. The van der Waals surface area contributed by atoms with Gasteiger partial charge < -0.3 is 15.7 Å². The number of oxime groups is 1. The molecule has 1 heterocycles. The van der Waals surface area contributed by atoms with Gasteiger partial charge in [0.25, 0.3) is 0 Å². The van der Waals surface area contributed by atoms with E-state index in [2.05, 4.69) is 10.1 Å². The zero-order chi connectivity index (χ0) is 13.0. The van der Waals surface area contributed by atoms with Gasteiger partial charge in [0.05, 0.1) is 10.7 Å². The Labute approximate surface area is 109 Å². The first-order valence-corrected chi connectivity index (χ1v) is 6.19. The first-order valence-electron chi connectivity index (χ1n) is 5.31. The number of amidine groups is 1. The zero-order valence-corrected chi connectivity index (χ0v) is 10.6. The standard InChI is InChI=1S/C12H13N3O2S/c1-8-14-10(7-18-8)6-17-11-4-2-3-9(5-11)12(13)15-16/h2-5,7,16H,6H2,1H3,(H2,13,15). The number of nitrogens with two attached hydrogens (primary N) is 1. The molecule has 1 aromatic heterocycles. The van der Waals surface area contributed by atoms with E-state index in [4.69, 9.17) is 15.7 Å². The molecule has 0 bridgehead atoms. The minimum atomic E-state index is 0.0601. The van der Waals surface area contributed by atoms with Crippen LogP contribution in [0.25, 0.3) is 0 Å². The molecule has 94 valence electrons. The second-order valence-corrected chi connectivity index (χ2v) is 4.72. The summed E-state index contributed by atoms with van der Waals surface area (Å²) in [7, 11) is 0. The Kier molecular flexibility index (Phi) is 3.78. The Morgan fingerprint density at radius 1 is 1.56 bits per heavy atom. The molecule has 18 heavy (non-hydrogen) atoms. The van der Waals surface area contributed by atoms with Crippen LogP contribution in [0.5, 0.6) is 5.75 Å². The second kappa shape index (κ2) is 5.50. The number of thiazole rings is 1. The number of rotatable bonds is 4. The molecule has 0 radical (unpaired) electrons. The predicted molar refractivity (Wildman–Crippen MR) is 70.1 cm³/mol. The Balaban J connectivity index is 2.05. The van der Waals surface area contributed by atoms with Crippen LogP contribution in [0.4, 0.5) is 0 Å². The molecular weight excluding hydrogens is 250 g/mol. The van der Waals surface area contributed by atoms with E-state index >= 15 is 0 Å². The fourth-order valence-corrected chi connectivity index (χ4v) is 2.03. The number of nitrogens with zero attached hydrogens (tertiary/aromatic N) is 2. The van der Waals surface area contributed by atoms with Gasteiger partial charge in [0.15, 0.2) is 5.84 Å². The van der Waals surface area contributed by atoms with Gasteiger partial charge in [-0.1, -0.05) is 17.3 Å². The van der Waals surface area contributed by atoms with Crippen LogP contribution in [-0.4, -0.2) is 16.0 Å². The lowest BCUT2D eigenvalue weighted by Gasteiger charge is -2.05. The lowest BCUT2D eigenvalue weighted by molar-refractivity contribution is 0.302. The first kappa shape index (κ1) is 12.4. The number of benzene rings is 1. The predicted octanol–water partition coefficient (Wildman–Crippen LogP) is 2.13. The summed E-state index contributed by atoms with van der Waals surface area (Å²) in [4.78, 5) is 4.30. The molecule has 0 unspecified atom stereocenters. The van der Waals surface area contributed by atoms with E-state index in [1.54, 1.807) is 29.5 Å². The van der Waals surface area contributed by atoms with Crippen LogP contribution in [0.3, 0.4) is 0 Å². The van der Waals surface area contributed by atoms with Crippen LogP contribution in [0.15, 0.2) is 34.8 Å². The van der Waals surface area contributed by atoms with Gasteiger partial charge in [-0.3, -0.25) is 0 Å². The van der Waals surface area contributed by atoms with Crippen molar-refractivity contribution in [2.45, 2.75) is 13.5 Å². The molecule has 0 amide bonds. The van der Waals surface area contributed by atoms with Gasteiger partial charge in [0, 0.05) is 10.9 Å². The van der Waals surface area contributed by atoms with Crippen molar-refractivity contribution < 1.29 is 9.94 Å². The van der Waals surface area contributed by atoms with Crippen molar-refractivity contribution >= 4 is 17.2 Å².